The van der Waals surface area contributed by atoms with Crippen LogP contribution in [0.2, 0.25) is 0 Å². The molecule has 0 unspecified atom stereocenters. The van der Waals surface area contributed by atoms with Gasteiger partial charge >= 0.3 is 0 Å². The third kappa shape index (κ3) is 2.51. The van der Waals surface area contributed by atoms with Crippen molar-refractivity contribution in [2.45, 2.75) is 18.9 Å². The van der Waals surface area contributed by atoms with Crippen LogP contribution in [0.4, 0.5) is 5.69 Å². The highest BCUT2D eigenvalue weighted by atomic mass is 16.5. The maximum absolute atomic E-state index is 6.12. The van der Waals surface area contributed by atoms with Crippen molar-refractivity contribution in [3.8, 4) is 17.1 Å². The SMILES string of the molecule is COc1ccc(-c2nc3ccccc3n2C2CCNCC2)cc1N. The van der Waals surface area contributed by atoms with Gasteiger partial charge < -0.3 is 20.4 Å². The summed E-state index contributed by atoms with van der Waals surface area (Å²) < 4.78 is 7.67. The average molecular weight is 322 g/mol. The van der Waals surface area contributed by atoms with Crippen LogP contribution in [0, 0.1) is 0 Å². The molecule has 0 radical (unpaired) electrons. The van der Waals surface area contributed by atoms with Gasteiger partial charge in [0.25, 0.3) is 0 Å². The molecule has 0 spiro atoms. The van der Waals surface area contributed by atoms with Gasteiger partial charge in [0, 0.05) is 11.6 Å². The molecule has 24 heavy (non-hydrogen) atoms. The number of benzene rings is 2. The number of rotatable bonds is 3. The van der Waals surface area contributed by atoms with Crippen molar-refractivity contribution >= 4 is 16.7 Å². The molecule has 3 aromatic rings. The van der Waals surface area contributed by atoms with E-state index >= 15 is 0 Å². The number of ether oxygens (including phenoxy) is 1. The third-order valence-corrected chi connectivity index (χ3v) is 4.76. The number of imidazole rings is 1. The molecule has 1 aliphatic heterocycles. The first-order valence-electron chi connectivity index (χ1n) is 8.39. The minimum atomic E-state index is 0.456. The third-order valence-electron chi connectivity index (χ3n) is 4.76. The molecule has 1 aromatic heterocycles. The minimum Gasteiger partial charge on any atom is -0.495 e. The number of piperidine rings is 1. The van der Waals surface area contributed by atoms with Crippen LogP contribution in [0.5, 0.6) is 5.75 Å². The standard InChI is InChI=1S/C19H22N4O/c1-24-18-7-6-13(12-15(18)20)19-22-16-4-2-3-5-17(16)23(19)14-8-10-21-11-9-14/h2-7,12,14,21H,8-11,20H2,1H3. The Kier molecular flexibility index (Phi) is 3.86. The second-order valence-corrected chi connectivity index (χ2v) is 6.23. The topological polar surface area (TPSA) is 65.1 Å². The smallest absolute Gasteiger partial charge is 0.141 e. The van der Waals surface area contributed by atoms with Crippen LogP contribution in [-0.4, -0.2) is 29.8 Å². The Morgan fingerprint density at radius 1 is 1.17 bits per heavy atom. The van der Waals surface area contributed by atoms with Gasteiger partial charge in [-0.3, -0.25) is 0 Å². The summed E-state index contributed by atoms with van der Waals surface area (Å²) in [6.07, 6.45) is 2.22. The van der Waals surface area contributed by atoms with Crippen LogP contribution in [-0.2, 0) is 0 Å². The summed E-state index contributed by atoms with van der Waals surface area (Å²) in [5, 5.41) is 3.44. The average Bonchev–Trinajstić information content (AvgIpc) is 3.02. The van der Waals surface area contributed by atoms with Gasteiger partial charge in [-0.05, 0) is 56.3 Å². The Morgan fingerprint density at radius 2 is 1.96 bits per heavy atom. The number of aromatic nitrogens is 2. The van der Waals surface area contributed by atoms with E-state index in [1.54, 1.807) is 7.11 Å². The van der Waals surface area contributed by atoms with Gasteiger partial charge in [0.2, 0.25) is 0 Å². The van der Waals surface area contributed by atoms with Crippen molar-refractivity contribution in [3.63, 3.8) is 0 Å². The first kappa shape index (κ1) is 15.0. The number of fused-ring (bicyclic) bond motifs is 1. The number of hydrogen-bond acceptors (Lipinski definition) is 4. The Morgan fingerprint density at radius 3 is 2.71 bits per heavy atom. The van der Waals surface area contributed by atoms with Crippen LogP contribution in [0.3, 0.4) is 0 Å². The largest absolute Gasteiger partial charge is 0.495 e. The molecule has 2 aromatic carbocycles. The molecular weight excluding hydrogens is 300 g/mol. The van der Waals surface area contributed by atoms with E-state index in [0.717, 1.165) is 42.8 Å². The molecule has 2 heterocycles. The molecular formula is C19H22N4O. The molecule has 124 valence electrons. The maximum Gasteiger partial charge on any atom is 0.141 e. The van der Waals surface area contributed by atoms with E-state index < -0.39 is 0 Å². The second-order valence-electron chi connectivity index (χ2n) is 6.23. The van der Waals surface area contributed by atoms with Crippen molar-refractivity contribution in [1.29, 1.82) is 0 Å². The predicted molar refractivity (Wildman–Crippen MR) is 97.3 cm³/mol. The fourth-order valence-electron chi connectivity index (χ4n) is 3.56. The predicted octanol–water partition coefficient (Wildman–Crippen LogP) is 3.22. The zero-order valence-corrected chi connectivity index (χ0v) is 13.8. The van der Waals surface area contributed by atoms with Crippen LogP contribution < -0.4 is 15.8 Å². The molecule has 1 aliphatic rings. The first-order chi connectivity index (χ1) is 11.8. The van der Waals surface area contributed by atoms with Crippen molar-refractivity contribution in [2.75, 3.05) is 25.9 Å². The number of nitrogens with two attached hydrogens (primary N) is 1. The molecule has 0 saturated carbocycles. The second kappa shape index (κ2) is 6.17. The highest BCUT2D eigenvalue weighted by Crippen LogP contribution is 2.34. The van der Waals surface area contributed by atoms with Crippen LogP contribution in [0.1, 0.15) is 18.9 Å². The number of hydrogen-bond donors (Lipinski definition) is 2. The minimum absolute atomic E-state index is 0.456. The number of nitrogens with zero attached hydrogens (tertiary/aromatic N) is 2. The maximum atomic E-state index is 6.12. The van der Waals surface area contributed by atoms with E-state index in [2.05, 4.69) is 28.1 Å². The number of para-hydroxylation sites is 2. The molecule has 5 nitrogen and oxygen atoms in total. The summed E-state index contributed by atoms with van der Waals surface area (Å²) in [7, 11) is 1.63. The summed E-state index contributed by atoms with van der Waals surface area (Å²) in [6.45, 7) is 2.09. The van der Waals surface area contributed by atoms with Gasteiger partial charge in [-0.2, -0.15) is 0 Å². The van der Waals surface area contributed by atoms with E-state index in [1.807, 2.05) is 24.3 Å². The molecule has 3 N–H and O–H groups in total. The van der Waals surface area contributed by atoms with Gasteiger partial charge in [-0.1, -0.05) is 12.1 Å². The highest BCUT2D eigenvalue weighted by molar-refractivity contribution is 5.81. The number of nitrogens with one attached hydrogen (secondary N) is 1. The molecule has 0 aliphatic carbocycles. The van der Waals surface area contributed by atoms with Gasteiger partial charge in [0.15, 0.2) is 0 Å². The molecule has 1 fully saturated rings. The lowest BCUT2D eigenvalue weighted by atomic mass is 10.1. The van der Waals surface area contributed by atoms with Gasteiger partial charge in [0.05, 0.1) is 23.8 Å². The Balaban J connectivity index is 1.89. The molecule has 0 bridgehead atoms. The summed E-state index contributed by atoms with van der Waals surface area (Å²) in [5.41, 5.74) is 10.0. The van der Waals surface area contributed by atoms with Crippen LogP contribution in [0.25, 0.3) is 22.4 Å². The Labute approximate surface area is 141 Å². The van der Waals surface area contributed by atoms with Crippen LogP contribution in [0.15, 0.2) is 42.5 Å². The number of anilines is 1. The van der Waals surface area contributed by atoms with Crippen LogP contribution >= 0.6 is 0 Å². The van der Waals surface area contributed by atoms with E-state index in [4.69, 9.17) is 15.5 Å². The van der Waals surface area contributed by atoms with Gasteiger partial charge in [-0.15, -0.1) is 0 Å². The summed E-state index contributed by atoms with van der Waals surface area (Å²) in [4.78, 5) is 4.90. The lowest BCUT2D eigenvalue weighted by molar-refractivity contribution is 0.377. The Bertz CT molecular complexity index is 865. The van der Waals surface area contributed by atoms with E-state index in [9.17, 15) is 0 Å². The number of methoxy groups -OCH3 is 1. The fourth-order valence-corrected chi connectivity index (χ4v) is 3.56. The van der Waals surface area contributed by atoms with Gasteiger partial charge in [0.1, 0.15) is 11.6 Å². The summed E-state index contributed by atoms with van der Waals surface area (Å²) >= 11 is 0. The van der Waals surface area contributed by atoms with Crippen molar-refractivity contribution in [2.24, 2.45) is 0 Å². The number of nitrogen functional groups attached to an aromatic ring is 1. The monoisotopic (exact) mass is 322 g/mol. The highest BCUT2D eigenvalue weighted by Gasteiger charge is 2.22. The summed E-state index contributed by atoms with van der Waals surface area (Å²) in [6, 6.07) is 14.7. The molecule has 5 heteroatoms. The van der Waals surface area contributed by atoms with Crippen molar-refractivity contribution < 1.29 is 4.74 Å². The van der Waals surface area contributed by atoms with Crippen molar-refractivity contribution in [3.05, 3.63) is 42.5 Å². The van der Waals surface area contributed by atoms with E-state index in [-0.39, 0.29) is 0 Å². The zero-order valence-electron chi connectivity index (χ0n) is 13.8. The quantitative estimate of drug-likeness (QED) is 0.727. The molecule has 1 saturated heterocycles. The molecule has 4 rings (SSSR count). The zero-order chi connectivity index (χ0) is 16.5. The Hall–Kier alpha value is -2.53. The van der Waals surface area contributed by atoms with Crippen molar-refractivity contribution in [1.82, 2.24) is 14.9 Å². The van der Waals surface area contributed by atoms with E-state index in [1.165, 1.54) is 5.52 Å². The molecule has 0 amide bonds. The van der Waals surface area contributed by atoms with E-state index in [0.29, 0.717) is 17.5 Å². The normalized spacial score (nSPS) is 15.7. The lowest BCUT2D eigenvalue weighted by Crippen LogP contribution is -2.29. The van der Waals surface area contributed by atoms with Gasteiger partial charge in [-0.25, -0.2) is 4.98 Å². The molecule has 0 atom stereocenters. The fraction of sp³-hybridized carbons (Fsp3) is 0.316. The summed E-state index contributed by atoms with van der Waals surface area (Å²) in [5.74, 6) is 1.68. The first-order valence-corrected chi connectivity index (χ1v) is 8.39. The lowest BCUT2D eigenvalue weighted by Gasteiger charge is -2.26.